The van der Waals surface area contributed by atoms with Crippen LogP contribution >= 0.6 is 0 Å². The molecule has 0 saturated carbocycles. The van der Waals surface area contributed by atoms with Crippen molar-refractivity contribution in [3.63, 3.8) is 0 Å². The molecule has 15 heavy (non-hydrogen) atoms. The van der Waals surface area contributed by atoms with E-state index in [1.165, 1.54) is 0 Å². The number of hydrogen-bond donors (Lipinski definition) is 2. The van der Waals surface area contributed by atoms with Crippen LogP contribution < -0.4 is 10.5 Å². The zero-order valence-corrected chi connectivity index (χ0v) is 9.53. The average molecular weight is 209 g/mol. The molecule has 0 aliphatic rings. The van der Waals surface area contributed by atoms with Crippen LogP contribution in [-0.4, -0.2) is 12.2 Å². The van der Waals surface area contributed by atoms with Crippen molar-refractivity contribution in [3.8, 4) is 11.5 Å². The molecular weight excluding hydrogens is 190 g/mol. The fourth-order valence-corrected chi connectivity index (χ4v) is 1.49. The van der Waals surface area contributed by atoms with E-state index >= 15 is 0 Å². The second kappa shape index (κ2) is 5.03. The fourth-order valence-electron chi connectivity index (χ4n) is 1.49. The number of ether oxygens (including phenoxy) is 1. The van der Waals surface area contributed by atoms with Crippen LogP contribution in [0.1, 0.15) is 31.9 Å². The van der Waals surface area contributed by atoms with E-state index in [0.717, 1.165) is 12.0 Å². The van der Waals surface area contributed by atoms with Crippen LogP contribution in [0.25, 0.3) is 0 Å². The second-order valence-electron chi connectivity index (χ2n) is 3.84. The van der Waals surface area contributed by atoms with Gasteiger partial charge in [0, 0.05) is 17.7 Å². The lowest BCUT2D eigenvalue weighted by Crippen LogP contribution is -2.18. The Morgan fingerprint density at radius 3 is 2.60 bits per heavy atom. The topological polar surface area (TPSA) is 55.5 Å². The molecule has 0 aromatic heterocycles. The minimum Gasteiger partial charge on any atom is -0.507 e. The van der Waals surface area contributed by atoms with Crippen molar-refractivity contribution in [3.05, 3.63) is 23.8 Å². The average Bonchev–Trinajstić information content (AvgIpc) is 2.26. The van der Waals surface area contributed by atoms with E-state index in [1.54, 1.807) is 13.2 Å². The number of rotatable bonds is 4. The van der Waals surface area contributed by atoms with E-state index in [4.69, 9.17) is 10.5 Å². The number of phenolic OH excluding ortho intramolecular Hbond substituents is 1. The molecule has 0 heterocycles. The Bertz CT molecular complexity index is 325. The molecule has 1 aromatic rings. The van der Waals surface area contributed by atoms with Gasteiger partial charge in [-0.3, -0.25) is 0 Å². The van der Waals surface area contributed by atoms with Crippen LogP contribution in [0.3, 0.4) is 0 Å². The molecule has 0 aliphatic carbocycles. The Morgan fingerprint density at radius 1 is 1.47 bits per heavy atom. The van der Waals surface area contributed by atoms with Crippen molar-refractivity contribution in [1.29, 1.82) is 0 Å². The van der Waals surface area contributed by atoms with Gasteiger partial charge < -0.3 is 15.6 Å². The molecule has 3 N–H and O–H groups in total. The van der Waals surface area contributed by atoms with Crippen molar-refractivity contribution in [2.24, 2.45) is 11.7 Å². The highest BCUT2D eigenvalue weighted by molar-refractivity contribution is 5.41. The van der Waals surface area contributed by atoms with E-state index in [0.29, 0.717) is 11.7 Å². The van der Waals surface area contributed by atoms with Crippen LogP contribution in [0.2, 0.25) is 0 Å². The monoisotopic (exact) mass is 209 g/mol. The van der Waals surface area contributed by atoms with Gasteiger partial charge in [0.1, 0.15) is 11.5 Å². The van der Waals surface area contributed by atoms with Gasteiger partial charge in [-0.05, 0) is 12.0 Å². The van der Waals surface area contributed by atoms with Gasteiger partial charge in [-0.1, -0.05) is 26.3 Å². The second-order valence-corrected chi connectivity index (χ2v) is 3.84. The summed E-state index contributed by atoms with van der Waals surface area (Å²) in [5, 5.41) is 9.78. The Labute approximate surface area is 90.9 Å². The van der Waals surface area contributed by atoms with E-state index < -0.39 is 0 Å². The first-order valence-electron chi connectivity index (χ1n) is 5.22. The zero-order valence-electron chi connectivity index (χ0n) is 9.53. The highest BCUT2D eigenvalue weighted by Crippen LogP contribution is 2.31. The van der Waals surface area contributed by atoms with Crippen LogP contribution in [0.15, 0.2) is 18.2 Å². The molecule has 0 spiro atoms. The van der Waals surface area contributed by atoms with Gasteiger partial charge in [0.25, 0.3) is 0 Å². The summed E-state index contributed by atoms with van der Waals surface area (Å²) in [6, 6.07) is 5.11. The van der Waals surface area contributed by atoms with Crippen molar-refractivity contribution in [2.45, 2.75) is 26.3 Å². The minimum absolute atomic E-state index is 0.124. The van der Waals surface area contributed by atoms with E-state index in [-0.39, 0.29) is 11.8 Å². The smallest absolute Gasteiger partial charge is 0.124 e. The lowest BCUT2D eigenvalue weighted by molar-refractivity contribution is 0.397. The zero-order chi connectivity index (χ0) is 11.4. The highest BCUT2D eigenvalue weighted by Gasteiger charge is 2.16. The molecule has 0 bridgehead atoms. The summed E-state index contributed by atoms with van der Waals surface area (Å²) in [5.74, 6) is 1.21. The standard InChI is InChI=1S/C12H19NO2/c1-4-8(2)12(13)10-6-5-9(15-3)7-11(10)14/h5-8,12,14H,4,13H2,1-3H3/t8?,12-/m1/s1. The molecule has 1 aromatic carbocycles. The normalized spacial score (nSPS) is 14.7. The van der Waals surface area contributed by atoms with Crippen LogP contribution in [-0.2, 0) is 0 Å². The van der Waals surface area contributed by atoms with Gasteiger partial charge in [-0.2, -0.15) is 0 Å². The third-order valence-corrected chi connectivity index (χ3v) is 2.85. The first-order valence-corrected chi connectivity index (χ1v) is 5.22. The first-order chi connectivity index (χ1) is 7.10. The lowest BCUT2D eigenvalue weighted by atomic mass is 9.93. The summed E-state index contributed by atoms with van der Waals surface area (Å²) in [7, 11) is 1.57. The summed E-state index contributed by atoms with van der Waals surface area (Å²) >= 11 is 0. The van der Waals surface area contributed by atoms with E-state index in [9.17, 15) is 5.11 Å². The summed E-state index contributed by atoms with van der Waals surface area (Å²) in [6.45, 7) is 4.17. The van der Waals surface area contributed by atoms with Crippen molar-refractivity contribution < 1.29 is 9.84 Å². The Balaban J connectivity index is 2.95. The van der Waals surface area contributed by atoms with E-state index in [2.05, 4.69) is 13.8 Å². The fraction of sp³-hybridized carbons (Fsp3) is 0.500. The van der Waals surface area contributed by atoms with Crippen LogP contribution in [0.4, 0.5) is 0 Å². The Hall–Kier alpha value is -1.22. The van der Waals surface area contributed by atoms with Gasteiger partial charge in [0.05, 0.1) is 7.11 Å². The molecular formula is C12H19NO2. The van der Waals surface area contributed by atoms with Gasteiger partial charge in [-0.15, -0.1) is 0 Å². The SMILES string of the molecule is CCC(C)[C@@H](N)c1ccc(OC)cc1O. The summed E-state index contributed by atoms with van der Waals surface area (Å²) in [5.41, 5.74) is 6.82. The molecule has 3 nitrogen and oxygen atoms in total. The third kappa shape index (κ3) is 2.63. The molecule has 1 unspecified atom stereocenters. The molecule has 0 saturated heterocycles. The van der Waals surface area contributed by atoms with Gasteiger partial charge in [0.15, 0.2) is 0 Å². The van der Waals surface area contributed by atoms with Gasteiger partial charge in [-0.25, -0.2) is 0 Å². The molecule has 1 rings (SSSR count). The predicted molar refractivity (Wildman–Crippen MR) is 61.0 cm³/mol. The summed E-state index contributed by atoms with van der Waals surface area (Å²) in [4.78, 5) is 0. The number of aromatic hydroxyl groups is 1. The first kappa shape index (κ1) is 11.9. The predicted octanol–water partition coefficient (Wildman–Crippen LogP) is 2.45. The van der Waals surface area contributed by atoms with Crippen molar-refractivity contribution >= 4 is 0 Å². The number of nitrogens with two attached hydrogens (primary N) is 1. The maximum Gasteiger partial charge on any atom is 0.124 e. The van der Waals surface area contributed by atoms with Crippen molar-refractivity contribution in [2.75, 3.05) is 7.11 Å². The number of methoxy groups -OCH3 is 1. The van der Waals surface area contributed by atoms with Crippen LogP contribution in [0.5, 0.6) is 11.5 Å². The third-order valence-electron chi connectivity index (χ3n) is 2.85. The quantitative estimate of drug-likeness (QED) is 0.800. The number of benzene rings is 1. The van der Waals surface area contributed by atoms with Crippen LogP contribution in [0, 0.1) is 5.92 Å². The maximum absolute atomic E-state index is 9.78. The van der Waals surface area contributed by atoms with E-state index in [1.807, 2.05) is 12.1 Å². The largest absolute Gasteiger partial charge is 0.507 e. The molecule has 3 heteroatoms. The summed E-state index contributed by atoms with van der Waals surface area (Å²) in [6.07, 6.45) is 0.993. The Morgan fingerprint density at radius 2 is 2.13 bits per heavy atom. The maximum atomic E-state index is 9.78. The lowest BCUT2D eigenvalue weighted by Gasteiger charge is -2.19. The van der Waals surface area contributed by atoms with Crippen molar-refractivity contribution in [1.82, 2.24) is 0 Å². The molecule has 0 radical (unpaired) electrons. The molecule has 2 atom stereocenters. The molecule has 84 valence electrons. The number of hydrogen-bond acceptors (Lipinski definition) is 3. The van der Waals surface area contributed by atoms with Gasteiger partial charge in [0.2, 0.25) is 0 Å². The minimum atomic E-state index is -0.124. The Kier molecular flexibility index (Phi) is 3.97. The number of phenols is 1. The summed E-state index contributed by atoms with van der Waals surface area (Å²) < 4.78 is 5.02. The molecule has 0 amide bonds. The highest BCUT2D eigenvalue weighted by atomic mass is 16.5. The molecule has 0 fully saturated rings. The van der Waals surface area contributed by atoms with Gasteiger partial charge >= 0.3 is 0 Å². The molecule has 0 aliphatic heterocycles.